The minimum atomic E-state index is -2.63. The number of anilines is 1. The van der Waals surface area contributed by atoms with Crippen LogP contribution in [0.15, 0.2) is 18.2 Å². The second kappa shape index (κ2) is 7.40. The Bertz CT molecular complexity index is 516. The second-order valence-corrected chi connectivity index (χ2v) is 5.86. The van der Waals surface area contributed by atoms with Crippen molar-refractivity contribution in [2.75, 3.05) is 12.4 Å². The van der Waals surface area contributed by atoms with Gasteiger partial charge in [0.15, 0.2) is 0 Å². The molecular weight excluding hydrogens is 294 g/mol. The van der Waals surface area contributed by atoms with E-state index in [1.807, 2.05) is 0 Å². The van der Waals surface area contributed by atoms with Crippen LogP contribution < -0.4 is 15.8 Å². The highest BCUT2D eigenvalue weighted by molar-refractivity contribution is 5.85. The van der Waals surface area contributed by atoms with Crippen LogP contribution in [0, 0.1) is 0 Å². The van der Waals surface area contributed by atoms with Crippen LogP contribution in [-0.4, -0.2) is 31.3 Å². The molecule has 0 saturated carbocycles. The number of nitrogens with one attached hydrogen (secondary N) is 1. The Labute approximate surface area is 128 Å². The third kappa shape index (κ3) is 5.85. The first-order chi connectivity index (χ1) is 10.1. The smallest absolute Gasteiger partial charge is 0.412 e. The van der Waals surface area contributed by atoms with E-state index in [2.05, 4.69) is 5.32 Å². The van der Waals surface area contributed by atoms with Gasteiger partial charge in [-0.05, 0) is 51.0 Å². The molecule has 1 aromatic carbocycles. The predicted octanol–water partition coefficient (Wildman–Crippen LogP) is 3.18. The summed E-state index contributed by atoms with van der Waals surface area (Å²) in [6, 6.07) is 3.43. The molecule has 0 radical (unpaired) electrons. The monoisotopic (exact) mass is 316 g/mol. The number of amides is 1. The molecule has 1 unspecified atom stereocenters. The highest BCUT2D eigenvalue weighted by atomic mass is 19.3. The summed E-state index contributed by atoms with van der Waals surface area (Å²) in [4.78, 5) is 11.7. The van der Waals surface area contributed by atoms with Crippen molar-refractivity contribution in [3.05, 3.63) is 23.8 Å². The zero-order valence-corrected chi connectivity index (χ0v) is 13.2. The Balaban J connectivity index is 2.88. The van der Waals surface area contributed by atoms with Crippen molar-refractivity contribution in [2.45, 2.75) is 45.3 Å². The minimum absolute atomic E-state index is 0.0648. The number of nitrogens with two attached hydrogens (primary N) is 1. The normalized spacial score (nSPS) is 12.9. The van der Waals surface area contributed by atoms with Crippen LogP contribution in [0.5, 0.6) is 5.75 Å². The van der Waals surface area contributed by atoms with Gasteiger partial charge >= 0.3 is 6.09 Å². The number of carbonyl (C=O) groups excluding carboxylic acids is 1. The van der Waals surface area contributed by atoms with E-state index in [1.54, 1.807) is 39.0 Å². The molecule has 1 amide bonds. The van der Waals surface area contributed by atoms with E-state index < -0.39 is 24.2 Å². The molecule has 0 bridgehead atoms. The molecule has 1 aromatic rings. The molecule has 0 aliphatic heterocycles. The summed E-state index contributed by atoms with van der Waals surface area (Å²) in [5, 5.41) is 2.55. The largest absolute Gasteiger partial charge is 0.496 e. The summed E-state index contributed by atoms with van der Waals surface area (Å²) in [5.74, 6) is 0.436. The van der Waals surface area contributed by atoms with Crippen molar-refractivity contribution in [1.82, 2.24) is 0 Å². The van der Waals surface area contributed by atoms with E-state index in [4.69, 9.17) is 15.2 Å². The Morgan fingerprint density at radius 3 is 2.50 bits per heavy atom. The molecule has 5 nitrogen and oxygen atoms in total. The standard InChI is InChI=1S/C15H22F2N2O3/c1-15(2,3)22-14(20)19-10-5-6-12(21-4)9(7-10)8-11(18)13(16)17/h5-7,11,13H,8,18H2,1-4H3,(H,19,20). The zero-order chi connectivity index (χ0) is 16.9. The van der Waals surface area contributed by atoms with Crippen molar-refractivity contribution >= 4 is 11.8 Å². The molecule has 0 saturated heterocycles. The molecule has 0 aliphatic rings. The first-order valence-electron chi connectivity index (χ1n) is 6.83. The SMILES string of the molecule is COc1ccc(NC(=O)OC(C)(C)C)cc1CC(N)C(F)F. The van der Waals surface area contributed by atoms with Crippen LogP contribution in [0.25, 0.3) is 0 Å². The number of alkyl halides is 2. The number of carbonyl (C=O) groups is 1. The summed E-state index contributed by atoms with van der Waals surface area (Å²) in [6.45, 7) is 5.23. The third-order valence-electron chi connectivity index (χ3n) is 2.70. The van der Waals surface area contributed by atoms with Gasteiger partial charge in [-0.2, -0.15) is 0 Å². The van der Waals surface area contributed by atoms with Gasteiger partial charge in [0.25, 0.3) is 6.43 Å². The van der Waals surface area contributed by atoms with Gasteiger partial charge < -0.3 is 15.2 Å². The van der Waals surface area contributed by atoms with Crippen molar-refractivity contribution in [3.8, 4) is 5.75 Å². The van der Waals surface area contributed by atoms with Crippen molar-refractivity contribution < 1.29 is 23.0 Å². The van der Waals surface area contributed by atoms with Gasteiger partial charge in [0.05, 0.1) is 13.2 Å². The van der Waals surface area contributed by atoms with Gasteiger partial charge in [0.1, 0.15) is 11.4 Å². The summed E-state index contributed by atoms with van der Waals surface area (Å²) >= 11 is 0. The maximum Gasteiger partial charge on any atom is 0.412 e. The molecule has 124 valence electrons. The van der Waals surface area contributed by atoms with Crippen molar-refractivity contribution in [2.24, 2.45) is 5.73 Å². The van der Waals surface area contributed by atoms with Crippen molar-refractivity contribution in [3.63, 3.8) is 0 Å². The van der Waals surface area contributed by atoms with Gasteiger partial charge in [-0.25, -0.2) is 13.6 Å². The van der Waals surface area contributed by atoms with Crippen LogP contribution in [0.4, 0.5) is 19.3 Å². The molecule has 22 heavy (non-hydrogen) atoms. The highest BCUT2D eigenvalue weighted by Crippen LogP contribution is 2.25. The zero-order valence-electron chi connectivity index (χ0n) is 13.2. The minimum Gasteiger partial charge on any atom is -0.496 e. The van der Waals surface area contributed by atoms with Crippen LogP contribution in [0.1, 0.15) is 26.3 Å². The Hall–Kier alpha value is -1.89. The van der Waals surface area contributed by atoms with Gasteiger partial charge in [0, 0.05) is 5.69 Å². The number of hydrogen-bond donors (Lipinski definition) is 2. The maximum absolute atomic E-state index is 12.6. The lowest BCUT2D eigenvalue weighted by Gasteiger charge is -2.20. The summed E-state index contributed by atoms with van der Waals surface area (Å²) in [6.07, 6.45) is -3.32. The topological polar surface area (TPSA) is 73.6 Å². The number of hydrogen-bond acceptors (Lipinski definition) is 4. The first-order valence-corrected chi connectivity index (χ1v) is 6.83. The molecule has 1 atom stereocenters. The Morgan fingerprint density at radius 1 is 1.36 bits per heavy atom. The Kier molecular flexibility index (Phi) is 6.11. The summed E-state index contributed by atoms with van der Waals surface area (Å²) in [5.41, 5.74) is 5.67. The van der Waals surface area contributed by atoms with Crippen molar-refractivity contribution in [1.29, 1.82) is 0 Å². The lowest BCUT2D eigenvalue weighted by atomic mass is 10.0. The molecular formula is C15H22F2N2O3. The fourth-order valence-corrected chi connectivity index (χ4v) is 1.78. The number of benzene rings is 1. The molecule has 7 heteroatoms. The molecule has 3 N–H and O–H groups in total. The van der Waals surface area contributed by atoms with E-state index in [-0.39, 0.29) is 6.42 Å². The Morgan fingerprint density at radius 2 is 2.00 bits per heavy atom. The van der Waals surface area contributed by atoms with E-state index in [9.17, 15) is 13.6 Å². The average Bonchev–Trinajstić information content (AvgIpc) is 2.36. The molecule has 1 rings (SSSR count). The van der Waals surface area contributed by atoms with Gasteiger partial charge in [-0.3, -0.25) is 5.32 Å². The average molecular weight is 316 g/mol. The third-order valence-corrected chi connectivity index (χ3v) is 2.70. The lowest BCUT2D eigenvalue weighted by Crippen LogP contribution is -2.31. The lowest BCUT2D eigenvalue weighted by molar-refractivity contribution is 0.0636. The van der Waals surface area contributed by atoms with E-state index in [1.165, 1.54) is 7.11 Å². The van der Waals surface area contributed by atoms with E-state index in [0.29, 0.717) is 17.0 Å². The fraction of sp³-hybridized carbons (Fsp3) is 0.533. The molecule has 0 aliphatic carbocycles. The van der Waals surface area contributed by atoms with Crippen LogP contribution in [-0.2, 0) is 11.2 Å². The number of methoxy groups -OCH3 is 1. The maximum atomic E-state index is 12.6. The highest BCUT2D eigenvalue weighted by Gasteiger charge is 2.19. The van der Waals surface area contributed by atoms with Crippen LogP contribution >= 0.6 is 0 Å². The number of halogens is 2. The quantitative estimate of drug-likeness (QED) is 0.875. The van der Waals surface area contributed by atoms with Crippen LogP contribution in [0.3, 0.4) is 0 Å². The van der Waals surface area contributed by atoms with Gasteiger partial charge in [-0.15, -0.1) is 0 Å². The molecule has 0 aromatic heterocycles. The molecule has 0 spiro atoms. The van der Waals surface area contributed by atoms with Crippen LogP contribution in [0.2, 0.25) is 0 Å². The van der Waals surface area contributed by atoms with Gasteiger partial charge in [0.2, 0.25) is 0 Å². The number of rotatable bonds is 5. The second-order valence-electron chi connectivity index (χ2n) is 5.86. The van der Waals surface area contributed by atoms with Gasteiger partial charge in [-0.1, -0.05) is 0 Å². The predicted molar refractivity (Wildman–Crippen MR) is 80.5 cm³/mol. The number of ether oxygens (including phenoxy) is 2. The fourth-order valence-electron chi connectivity index (χ4n) is 1.78. The summed E-state index contributed by atoms with van der Waals surface area (Å²) in [7, 11) is 1.44. The van der Waals surface area contributed by atoms with E-state index in [0.717, 1.165) is 0 Å². The summed E-state index contributed by atoms with van der Waals surface area (Å²) < 4.78 is 35.4. The first kappa shape index (κ1) is 18.2. The van der Waals surface area contributed by atoms with E-state index >= 15 is 0 Å². The molecule has 0 heterocycles. The molecule has 0 fully saturated rings.